The molecule has 0 aliphatic carbocycles. The van der Waals surface area contributed by atoms with Gasteiger partial charge in [-0.3, -0.25) is 0 Å². The van der Waals surface area contributed by atoms with Gasteiger partial charge in [0.2, 0.25) is 0 Å². The van der Waals surface area contributed by atoms with Gasteiger partial charge < -0.3 is 4.90 Å². The molecule has 0 radical (unpaired) electrons. The predicted octanol–water partition coefficient (Wildman–Crippen LogP) is 4.33. The highest BCUT2D eigenvalue weighted by atomic mass is 15.1. The van der Waals surface area contributed by atoms with Crippen LogP contribution in [0.1, 0.15) is 66.7 Å². The van der Waals surface area contributed by atoms with E-state index in [2.05, 4.69) is 51.4 Å². The van der Waals surface area contributed by atoms with Crippen molar-refractivity contribution in [3.05, 3.63) is 0 Å². The molecule has 0 aromatic heterocycles. The van der Waals surface area contributed by atoms with Gasteiger partial charge in [-0.15, -0.1) is 5.92 Å². The number of rotatable bonds is 8. The van der Waals surface area contributed by atoms with Crippen molar-refractivity contribution in [2.24, 2.45) is 5.41 Å². The summed E-state index contributed by atoms with van der Waals surface area (Å²) in [5.41, 5.74) is 0.163. The summed E-state index contributed by atoms with van der Waals surface area (Å²) in [7, 11) is 0. The molecule has 0 fully saturated rings. The molecule has 0 unspecified atom stereocenters. The maximum absolute atomic E-state index is 3.30. The molecule has 0 spiro atoms. The van der Waals surface area contributed by atoms with Gasteiger partial charge in [-0.05, 0) is 66.1 Å². The van der Waals surface area contributed by atoms with Gasteiger partial charge >= 0.3 is 0 Å². The maximum Gasteiger partial charge on any atom is 0.0230 e. The average molecular weight is 237 g/mol. The summed E-state index contributed by atoms with van der Waals surface area (Å²) in [5, 5.41) is 0. The van der Waals surface area contributed by atoms with Crippen molar-refractivity contribution >= 4 is 0 Å². The first kappa shape index (κ1) is 16.5. The molecule has 1 heteroatoms. The van der Waals surface area contributed by atoms with Crippen LogP contribution in [0.25, 0.3) is 0 Å². The second-order valence-corrected chi connectivity index (χ2v) is 5.85. The van der Waals surface area contributed by atoms with E-state index in [1.807, 2.05) is 0 Å². The molecule has 0 aromatic rings. The van der Waals surface area contributed by atoms with Crippen molar-refractivity contribution in [2.75, 3.05) is 19.6 Å². The lowest BCUT2D eigenvalue weighted by Crippen LogP contribution is -2.26. The first-order valence-electron chi connectivity index (χ1n) is 7.22. The van der Waals surface area contributed by atoms with Crippen LogP contribution in [0.2, 0.25) is 0 Å². The minimum Gasteiger partial charge on any atom is -0.303 e. The molecule has 0 N–H and O–H groups in total. The Labute approximate surface area is 109 Å². The van der Waals surface area contributed by atoms with E-state index >= 15 is 0 Å². The zero-order valence-corrected chi connectivity index (χ0v) is 12.6. The first-order valence-corrected chi connectivity index (χ1v) is 7.22. The third-order valence-electron chi connectivity index (χ3n) is 2.57. The van der Waals surface area contributed by atoms with Gasteiger partial charge in [0.1, 0.15) is 0 Å². The number of hydrogen-bond donors (Lipinski definition) is 0. The molecule has 0 amide bonds. The van der Waals surface area contributed by atoms with Crippen LogP contribution in [0.5, 0.6) is 0 Å². The molecule has 100 valence electrons. The van der Waals surface area contributed by atoms with Crippen LogP contribution in [0.15, 0.2) is 0 Å². The lowest BCUT2D eigenvalue weighted by atomic mass is 9.98. The molecule has 0 aliphatic heterocycles. The Morgan fingerprint density at radius 1 is 0.882 bits per heavy atom. The van der Waals surface area contributed by atoms with Gasteiger partial charge in [0, 0.05) is 11.8 Å². The van der Waals surface area contributed by atoms with E-state index in [4.69, 9.17) is 0 Å². The van der Waals surface area contributed by atoms with E-state index in [0.29, 0.717) is 0 Å². The molecule has 0 saturated carbocycles. The van der Waals surface area contributed by atoms with E-state index in [1.54, 1.807) is 0 Å². The Kier molecular flexibility index (Phi) is 9.27. The van der Waals surface area contributed by atoms with Crippen LogP contribution >= 0.6 is 0 Å². The quantitative estimate of drug-likeness (QED) is 0.449. The maximum atomic E-state index is 3.30. The smallest absolute Gasteiger partial charge is 0.0230 e. The van der Waals surface area contributed by atoms with E-state index in [9.17, 15) is 0 Å². The third kappa shape index (κ3) is 11.8. The summed E-state index contributed by atoms with van der Waals surface area (Å²) in [5.74, 6) is 6.59. The van der Waals surface area contributed by atoms with Crippen molar-refractivity contribution in [3.8, 4) is 11.8 Å². The Hall–Kier alpha value is -0.480. The molecule has 0 atom stereocenters. The van der Waals surface area contributed by atoms with Gasteiger partial charge in [-0.1, -0.05) is 19.8 Å². The second-order valence-electron chi connectivity index (χ2n) is 5.85. The molecule has 1 nitrogen and oxygen atoms in total. The molecular formula is C16H31N. The zero-order valence-electron chi connectivity index (χ0n) is 12.6. The fraction of sp³-hybridized carbons (Fsp3) is 0.875. The first-order chi connectivity index (χ1) is 7.99. The van der Waals surface area contributed by atoms with Crippen molar-refractivity contribution in [1.29, 1.82) is 0 Å². The summed E-state index contributed by atoms with van der Waals surface area (Å²) >= 11 is 0. The molecule has 0 aromatic carbocycles. The highest BCUT2D eigenvalue weighted by Gasteiger charge is 2.03. The lowest BCUT2D eigenvalue weighted by Gasteiger charge is -2.20. The number of hydrogen-bond acceptors (Lipinski definition) is 1. The van der Waals surface area contributed by atoms with Gasteiger partial charge in [-0.25, -0.2) is 0 Å². The molecule has 17 heavy (non-hydrogen) atoms. The summed E-state index contributed by atoms with van der Waals surface area (Å²) < 4.78 is 0. The molecule has 0 saturated heterocycles. The third-order valence-corrected chi connectivity index (χ3v) is 2.57. The van der Waals surface area contributed by atoms with E-state index in [1.165, 1.54) is 45.3 Å². The van der Waals surface area contributed by atoms with Gasteiger partial charge in [0.25, 0.3) is 0 Å². The van der Waals surface area contributed by atoms with Crippen molar-refractivity contribution in [2.45, 2.75) is 66.7 Å². The summed E-state index contributed by atoms with van der Waals surface area (Å²) in [6, 6.07) is 0. The van der Waals surface area contributed by atoms with Crippen LogP contribution in [0.3, 0.4) is 0 Å². The number of nitrogens with zero attached hydrogens (tertiary/aromatic N) is 1. The standard InChI is InChI=1S/C16H31N/c1-6-13-17(14-7-2)15-11-9-8-10-12-16(3,4)5/h6-9,11,13-15H2,1-5H3. The highest BCUT2D eigenvalue weighted by Crippen LogP contribution is 2.10. The summed E-state index contributed by atoms with van der Waals surface area (Å²) in [6.07, 6.45) is 6.13. The van der Waals surface area contributed by atoms with E-state index in [0.717, 1.165) is 6.42 Å². The monoisotopic (exact) mass is 237 g/mol. The lowest BCUT2D eigenvalue weighted by molar-refractivity contribution is 0.269. The van der Waals surface area contributed by atoms with Crippen molar-refractivity contribution in [3.63, 3.8) is 0 Å². The minimum atomic E-state index is 0.163. The van der Waals surface area contributed by atoms with Crippen molar-refractivity contribution in [1.82, 2.24) is 4.90 Å². The molecular weight excluding hydrogens is 206 g/mol. The average Bonchev–Trinajstić information content (AvgIpc) is 2.22. The fourth-order valence-corrected chi connectivity index (χ4v) is 1.84. The van der Waals surface area contributed by atoms with Gasteiger partial charge in [-0.2, -0.15) is 0 Å². The van der Waals surface area contributed by atoms with Crippen molar-refractivity contribution < 1.29 is 0 Å². The van der Waals surface area contributed by atoms with Crippen LogP contribution in [-0.2, 0) is 0 Å². The fourth-order valence-electron chi connectivity index (χ4n) is 1.84. The Balaban J connectivity index is 3.63. The Morgan fingerprint density at radius 2 is 1.47 bits per heavy atom. The highest BCUT2D eigenvalue weighted by molar-refractivity contribution is 5.06. The minimum absolute atomic E-state index is 0.163. The number of unbranched alkanes of at least 4 members (excludes halogenated alkanes) is 2. The predicted molar refractivity (Wildman–Crippen MR) is 78.1 cm³/mol. The van der Waals surface area contributed by atoms with E-state index in [-0.39, 0.29) is 5.41 Å². The zero-order chi connectivity index (χ0) is 13.1. The molecule has 0 rings (SSSR count). The van der Waals surface area contributed by atoms with E-state index < -0.39 is 0 Å². The SMILES string of the molecule is CCCN(CCC)CCCCC#CC(C)(C)C. The summed E-state index contributed by atoms with van der Waals surface area (Å²) in [4.78, 5) is 2.58. The topological polar surface area (TPSA) is 3.24 Å². The molecule has 0 bridgehead atoms. The molecule has 0 aliphatic rings. The Morgan fingerprint density at radius 3 is 1.94 bits per heavy atom. The second kappa shape index (κ2) is 9.54. The van der Waals surface area contributed by atoms with Gasteiger partial charge in [0.05, 0.1) is 0 Å². The van der Waals surface area contributed by atoms with Crippen LogP contribution < -0.4 is 0 Å². The Bertz CT molecular complexity index is 220. The van der Waals surface area contributed by atoms with Gasteiger partial charge in [0.15, 0.2) is 0 Å². The molecule has 0 heterocycles. The largest absolute Gasteiger partial charge is 0.303 e. The normalized spacial score (nSPS) is 11.4. The van der Waals surface area contributed by atoms with Crippen LogP contribution in [0, 0.1) is 17.3 Å². The summed E-state index contributed by atoms with van der Waals surface area (Å²) in [6.45, 7) is 14.8. The van der Waals surface area contributed by atoms with Crippen LogP contribution in [0.4, 0.5) is 0 Å². The van der Waals surface area contributed by atoms with Crippen LogP contribution in [-0.4, -0.2) is 24.5 Å².